The van der Waals surface area contributed by atoms with E-state index in [0.29, 0.717) is 5.56 Å². The van der Waals surface area contributed by atoms with Crippen molar-refractivity contribution in [2.45, 2.75) is 38.8 Å². The second-order valence-corrected chi connectivity index (χ2v) is 5.07. The van der Waals surface area contributed by atoms with E-state index in [1.165, 1.54) is 19.2 Å². The average Bonchev–Trinajstić information content (AvgIpc) is 2.39. The van der Waals surface area contributed by atoms with Gasteiger partial charge in [0.15, 0.2) is 17.0 Å². The van der Waals surface area contributed by atoms with Gasteiger partial charge in [-0.15, -0.1) is 0 Å². The molecule has 0 spiro atoms. The number of hydrogen-bond acceptors (Lipinski definition) is 6. The number of aromatic hydroxyl groups is 2. The Labute approximate surface area is 118 Å². The highest BCUT2D eigenvalue weighted by Crippen LogP contribution is 2.28. The lowest BCUT2D eigenvalue weighted by Gasteiger charge is -2.21. The summed E-state index contributed by atoms with van der Waals surface area (Å²) in [5, 5.41) is 26.9. The molecule has 0 amide bonds. The minimum absolute atomic E-state index is 0.0350. The zero-order valence-electron chi connectivity index (χ0n) is 12.1. The molecule has 1 aromatic rings. The molecule has 0 aromatic heterocycles. The third-order valence-electron chi connectivity index (χ3n) is 2.72. The van der Waals surface area contributed by atoms with Gasteiger partial charge >= 0.3 is 5.97 Å². The standard InChI is InChI=1S/C14H20N2O4/c1-9(2)15-16-14(3,13(19)20-4)8-10-5-6-11(17)12(18)7-10/h5-7,9,17-18H,8H2,1-4H3/t14-/m0/s1. The molecular formula is C14H20N2O4. The molecule has 0 heterocycles. The first-order chi connectivity index (χ1) is 9.28. The predicted octanol–water partition coefficient (Wildman–Crippen LogP) is 2.43. The summed E-state index contributed by atoms with van der Waals surface area (Å²) >= 11 is 0. The highest BCUT2D eigenvalue weighted by Gasteiger charge is 2.35. The van der Waals surface area contributed by atoms with Gasteiger partial charge in [-0.05, 0) is 38.5 Å². The van der Waals surface area contributed by atoms with Gasteiger partial charge in [-0.25, -0.2) is 4.79 Å². The maximum atomic E-state index is 11.9. The monoisotopic (exact) mass is 280 g/mol. The number of phenolic OH excluding ortho intramolecular Hbond substituents is 2. The molecule has 1 aromatic carbocycles. The first-order valence-corrected chi connectivity index (χ1v) is 6.30. The number of rotatable bonds is 5. The van der Waals surface area contributed by atoms with Crippen molar-refractivity contribution in [3.8, 4) is 11.5 Å². The van der Waals surface area contributed by atoms with Gasteiger partial charge in [0.2, 0.25) is 0 Å². The number of benzene rings is 1. The molecule has 20 heavy (non-hydrogen) atoms. The molecule has 0 saturated heterocycles. The van der Waals surface area contributed by atoms with E-state index in [1.54, 1.807) is 13.0 Å². The second kappa shape index (κ2) is 6.36. The fraction of sp³-hybridized carbons (Fsp3) is 0.500. The van der Waals surface area contributed by atoms with Crippen LogP contribution in [0.5, 0.6) is 11.5 Å². The lowest BCUT2D eigenvalue weighted by molar-refractivity contribution is -0.146. The summed E-state index contributed by atoms with van der Waals surface area (Å²) < 4.78 is 4.77. The summed E-state index contributed by atoms with van der Waals surface area (Å²) in [6, 6.07) is 4.33. The highest BCUT2D eigenvalue weighted by atomic mass is 16.5. The molecule has 1 atom stereocenters. The number of ether oxygens (including phenoxy) is 1. The molecule has 0 aliphatic heterocycles. The van der Waals surface area contributed by atoms with Gasteiger partial charge in [-0.3, -0.25) is 0 Å². The van der Waals surface area contributed by atoms with Gasteiger partial charge in [0.05, 0.1) is 13.2 Å². The van der Waals surface area contributed by atoms with E-state index in [0.717, 1.165) is 0 Å². The molecule has 0 aliphatic carbocycles. The largest absolute Gasteiger partial charge is 0.504 e. The van der Waals surface area contributed by atoms with Crippen molar-refractivity contribution in [2.24, 2.45) is 10.2 Å². The van der Waals surface area contributed by atoms with Crippen LogP contribution in [0.2, 0.25) is 0 Å². The van der Waals surface area contributed by atoms with Crippen LogP contribution in [0.1, 0.15) is 26.3 Å². The smallest absolute Gasteiger partial charge is 0.335 e. The third-order valence-corrected chi connectivity index (χ3v) is 2.72. The molecular weight excluding hydrogens is 260 g/mol. The Hall–Kier alpha value is -2.11. The quantitative estimate of drug-likeness (QED) is 0.492. The van der Waals surface area contributed by atoms with E-state index >= 15 is 0 Å². The summed E-state index contributed by atoms with van der Waals surface area (Å²) in [5.74, 6) is -0.956. The number of carbonyl (C=O) groups excluding carboxylic acids is 1. The van der Waals surface area contributed by atoms with Crippen molar-refractivity contribution in [2.75, 3.05) is 7.11 Å². The van der Waals surface area contributed by atoms with Gasteiger partial charge in [0.1, 0.15) is 0 Å². The molecule has 0 saturated carbocycles. The lowest BCUT2D eigenvalue weighted by Crippen LogP contribution is -2.36. The van der Waals surface area contributed by atoms with Crippen molar-refractivity contribution in [3.05, 3.63) is 23.8 Å². The first-order valence-electron chi connectivity index (χ1n) is 6.30. The van der Waals surface area contributed by atoms with E-state index in [9.17, 15) is 15.0 Å². The zero-order chi connectivity index (χ0) is 15.3. The predicted molar refractivity (Wildman–Crippen MR) is 73.9 cm³/mol. The Kier molecular flexibility index (Phi) is 5.07. The van der Waals surface area contributed by atoms with Crippen LogP contribution in [0.3, 0.4) is 0 Å². The molecule has 1 rings (SSSR count). The van der Waals surface area contributed by atoms with Crippen molar-refractivity contribution in [3.63, 3.8) is 0 Å². The molecule has 0 aliphatic rings. The fourth-order valence-electron chi connectivity index (χ4n) is 1.69. The summed E-state index contributed by atoms with van der Waals surface area (Å²) in [7, 11) is 1.29. The first kappa shape index (κ1) is 15.9. The zero-order valence-corrected chi connectivity index (χ0v) is 12.1. The van der Waals surface area contributed by atoms with E-state index in [-0.39, 0.29) is 24.0 Å². The number of carbonyl (C=O) groups is 1. The molecule has 0 fully saturated rings. The van der Waals surface area contributed by atoms with E-state index in [2.05, 4.69) is 10.2 Å². The molecule has 6 nitrogen and oxygen atoms in total. The van der Waals surface area contributed by atoms with E-state index in [4.69, 9.17) is 4.74 Å². The topological polar surface area (TPSA) is 91.5 Å². The molecule has 0 radical (unpaired) electrons. The van der Waals surface area contributed by atoms with Crippen molar-refractivity contribution >= 4 is 5.97 Å². The number of phenols is 2. The Bertz CT molecular complexity index is 514. The van der Waals surface area contributed by atoms with Crippen molar-refractivity contribution in [1.82, 2.24) is 0 Å². The number of hydrogen-bond donors (Lipinski definition) is 2. The summed E-state index contributed by atoms with van der Waals surface area (Å²) in [5.41, 5.74) is -0.515. The molecule has 0 unspecified atom stereocenters. The third kappa shape index (κ3) is 3.94. The van der Waals surface area contributed by atoms with E-state index in [1.807, 2.05) is 13.8 Å². The van der Waals surface area contributed by atoms with Crippen LogP contribution in [0, 0.1) is 0 Å². The van der Waals surface area contributed by atoms with Crippen molar-refractivity contribution in [1.29, 1.82) is 0 Å². The molecule has 110 valence electrons. The molecule has 6 heteroatoms. The van der Waals surface area contributed by atoms with Gasteiger partial charge < -0.3 is 14.9 Å². The van der Waals surface area contributed by atoms with Crippen LogP contribution >= 0.6 is 0 Å². The maximum absolute atomic E-state index is 11.9. The van der Waals surface area contributed by atoms with Gasteiger partial charge in [0.25, 0.3) is 0 Å². The molecule has 0 bridgehead atoms. The number of esters is 1. The van der Waals surface area contributed by atoms with Crippen LogP contribution in [0.25, 0.3) is 0 Å². The van der Waals surface area contributed by atoms with Gasteiger partial charge in [-0.2, -0.15) is 10.2 Å². The fourth-order valence-corrected chi connectivity index (χ4v) is 1.69. The summed E-state index contributed by atoms with van der Waals surface area (Å²) in [6.07, 6.45) is 0.212. The van der Waals surface area contributed by atoms with Gasteiger partial charge in [-0.1, -0.05) is 6.07 Å². The Morgan fingerprint density at radius 3 is 2.50 bits per heavy atom. The maximum Gasteiger partial charge on any atom is 0.335 e. The minimum Gasteiger partial charge on any atom is -0.504 e. The number of azo groups is 1. The minimum atomic E-state index is -1.16. The Morgan fingerprint density at radius 2 is 2.00 bits per heavy atom. The normalized spacial score (nSPS) is 14.4. The van der Waals surface area contributed by atoms with Crippen LogP contribution in [-0.4, -0.2) is 34.9 Å². The van der Waals surface area contributed by atoms with Crippen LogP contribution in [-0.2, 0) is 16.0 Å². The summed E-state index contributed by atoms with van der Waals surface area (Å²) in [4.78, 5) is 11.9. The average molecular weight is 280 g/mol. The number of nitrogens with zero attached hydrogens (tertiary/aromatic N) is 2. The Balaban J connectivity index is 3.06. The van der Waals surface area contributed by atoms with Gasteiger partial charge in [0, 0.05) is 6.42 Å². The Morgan fingerprint density at radius 1 is 1.35 bits per heavy atom. The second-order valence-electron chi connectivity index (χ2n) is 5.07. The number of methoxy groups -OCH3 is 1. The van der Waals surface area contributed by atoms with Crippen LogP contribution < -0.4 is 0 Å². The highest BCUT2D eigenvalue weighted by molar-refractivity contribution is 5.80. The van der Waals surface area contributed by atoms with Crippen LogP contribution in [0.15, 0.2) is 28.4 Å². The summed E-state index contributed by atoms with van der Waals surface area (Å²) in [6.45, 7) is 5.33. The molecule has 2 N–H and O–H groups in total. The van der Waals surface area contributed by atoms with Crippen molar-refractivity contribution < 1.29 is 19.7 Å². The lowest BCUT2D eigenvalue weighted by atomic mass is 9.93. The van der Waals surface area contributed by atoms with E-state index < -0.39 is 11.5 Å². The van der Waals surface area contributed by atoms with Crippen LogP contribution in [0.4, 0.5) is 0 Å². The SMILES string of the molecule is COC(=O)[C@](C)(Cc1ccc(O)c(O)c1)N=NC(C)C.